The molecule has 0 saturated carbocycles. The lowest BCUT2D eigenvalue weighted by Gasteiger charge is -2.26. The summed E-state index contributed by atoms with van der Waals surface area (Å²) in [6.07, 6.45) is 2.95. The maximum atomic E-state index is 13.1. The van der Waals surface area contributed by atoms with Crippen molar-refractivity contribution in [1.82, 2.24) is 19.0 Å². The van der Waals surface area contributed by atoms with Gasteiger partial charge in [0.15, 0.2) is 0 Å². The zero-order chi connectivity index (χ0) is 18.9. The molecular formula is C17H25ClN4O2S2. The lowest BCUT2D eigenvalue weighted by atomic mass is 10.2. The zero-order valence-corrected chi connectivity index (χ0v) is 17.8. The van der Waals surface area contributed by atoms with Crippen molar-refractivity contribution in [2.45, 2.75) is 51.2 Å². The van der Waals surface area contributed by atoms with E-state index < -0.39 is 10.0 Å². The van der Waals surface area contributed by atoms with E-state index in [1.807, 2.05) is 26.1 Å². The lowest BCUT2D eigenvalue weighted by Crippen LogP contribution is -2.36. The van der Waals surface area contributed by atoms with E-state index in [-0.39, 0.29) is 0 Å². The third-order valence-corrected chi connectivity index (χ3v) is 8.03. The third kappa shape index (κ3) is 4.14. The van der Waals surface area contributed by atoms with Crippen LogP contribution < -0.4 is 0 Å². The molecule has 0 aromatic carbocycles. The second-order valence-corrected chi connectivity index (χ2v) is 10.5. The van der Waals surface area contributed by atoms with Crippen molar-refractivity contribution in [3.8, 4) is 0 Å². The Morgan fingerprint density at radius 1 is 1.23 bits per heavy atom. The first-order valence-electron chi connectivity index (χ1n) is 8.76. The molecule has 0 unspecified atom stereocenters. The fourth-order valence-corrected chi connectivity index (χ4v) is 6.47. The van der Waals surface area contributed by atoms with Crippen molar-refractivity contribution in [2.24, 2.45) is 0 Å². The Morgan fingerprint density at radius 3 is 2.54 bits per heavy atom. The van der Waals surface area contributed by atoms with Crippen LogP contribution in [0.15, 0.2) is 17.0 Å². The molecule has 0 radical (unpaired) electrons. The molecule has 1 fully saturated rings. The quantitative estimate of drug-likeness (QED) is 0.723. The average Bonchev–Trinajstić information content (AvgIpc) is 3.11. The van der Waals surface area contributed by atoms with E-state index >= 15 is 0 Å². The van der Waals surface area contributed by atoms with Crippen LogP contribution >= 0.6 is 22.9 Å². The molecule has 3 rings (SSSR count). The Morgan fingerprint density at radius 2 is 1.92 bits per heavy atom. The van der Waals surface area contributed by atoms with Gasteiger partial charge in [-0.3, -0.25) is 9.58 Å². The summed E-state index contributed by atoms with van der Waals surface area (Å²) >= 11 is 7.54. The van der Waals surface area contributed by atoms with Gasteiger partial charge in [0.25, 0.3) is 0 Å². The number of aromatic nitrogens is 2. The van der Waals surface area contributed by atoms with Crippen LogP contribution in [0.2, 0.25) is 4.34 Å². The lowest BCUT2D eigenvalue weighted by molar-refractivity contribution is 0.245. The molecule has 0 amide bonds. The van der Waals surface area contributed by atoms with Crippen molar-refractivity contribution in [2.75, 3.05) is 20.1 Å². The Hall–Kier alpha value is -0.930. The SMILES string of the molecule is Cc1nn(CN(C)Cc2ccc(Cl)s2)c(C)c1S(=O)(=O)N1CCCCC1. The van der Waals surface area contributed by atoms with Crippen LogP contribution in [-0.2, 0) is 23.2 Å². The monoisotopic (exact) mass is 416 g/mol. The van der Waals surface area contributed by atoms with Crippen LogP contribution in [0.4, 0.5) is 0 Å². The second kappa shape index (κ2) is 7.98. The van der Waals surface area contributed by atoms with E-state index in [9.17, 15) is 8.42 Å². The molecule has 6 nitrogen and oxygen atoms in total. The number of hydrogen-bond donors (Lipinski definition) is 0. The molecule has 1 aliphatic heterocycles. The van der Waals surface area contributed by atoms with E-state index in [1.165, 1.54) is 4.88 Å². The van der Waals surface area contributed by atoms with Crippen molar-refractivity contribution in [1.29, 1.82) is 0 Å². The maximum absolute atomic E-state index is 13.1. The molecule has 144 valence electrons. The zero-order valence-electron chi connectivity index (χ0n) is 15.4. The van der Waals surface area contributed by atoms with Gasteiger partial charge in [-0.05, 0) is 45.9 Å². The van der Waals surface area contributed by atoms with Crippen molar-refractivity contribution in [3.05, 3.63) is 32.7 Å². The van der Waals surface area contributed by atoms with Gasteiger partial charge in [0.2, 0.25) is 10.0 Å². The van der Waals surface area contributed by atoms with Gasteiger partial charge >= 0.3 is 0 Å². The molecule has 0 atom stereocenters. The standard InChI is InChI=1S/C17H25ClN4O2S2/c1-13-17(26(23,24)21-9-5-4-6-10-21)14(2)22(19-13)12-20(3)11-15-7-8-16(18)25-15/h7-8H,4-6,9-12H2,1-3H3. The number of rotatable bonds is 6. The Bertz CT molecular complexity index is 869. The normalized spacial score (nSPS) is 16.5. The third-order valence-electron chi connectivity index (χ3n) is 4.66. The Kier molecular flexibility index (Phi) is 6.08. The molecule has 26 heavy (non-hydrogen) atoms. The molecule has 1 saturated heterocycles. The summed E-state index contributed by atoms with van der Waals surface area (Å²) in [6.45, 7) is 6.09. The number of halogens is 1. The fraction of sp³-hybridized carbons (Fsp3) is 0.588. The molecule has 0 aliphatic carbocycles. The summed E-state index contributed by atoms with van der Waals surface area (Å²) in [5.74, 6) is 0. The summed E-state index contributed by atoms with van der Waals surface area (Å²) in [6, 6.07) is 3.90. The van der Waals surface area contributed by atoms with Gasteiger partial charge in [-0.2, -0.15) is 9.40 Å². The number of aryl methyl sites for hydroxylation is 1. The number of hydrogen-bond acceptors (Lipinski definition) is 5. The van der Waals surface area contributed by atoms with Gasteiger partial charge in [-0.25, -0.2) is 8.42 Å². The van der Waals surface area contributed by atoms with Gasteiger partial charge in [-0.1, -0.05) is 18.0 Å². The van der Waals surface area contributed by atoms with Crippen LogP contribution in [0, 0.1) is 13.8 Å². The Labute approximate surface area is 164 Å². The molecule has 0 spiro atoms. The number of sulfonamides is 1. The number of thiophene rings is 1. The molecule has 0 N–H and O–H groups in total. The first kappa shape index (κ1) is 19.8. The minimum absolute atomic E-state index is 0.368. The predicted octanol–water partition coefficient (Wildman–Crippen LogP) is 3.48. The van der Waals surface area contributed by atoms with Crippen molar-refractivity contribution < 1.29 is 8.42 Å². The highest BCUT2D eigenvalue weighted by Gasteiger charge is 2.31. The van der Waals surface area contributed by atoms with Crippen LogP contribution in [0.3, 0.4) is 0 Å². The maximum Gasteiger partial charge on any atom is 0.246 e. The average molecular weight is 417 g/mol. The summed E-state index contributed by atoms with van der Waals surface area (Å²) in [4.78, 5) is 3.63. The Balaban J connectivity index is 1.79. The predicted molar refractivity (Wildman–Crippen MR) is 105 cm³/mol. The number of nitrogens with zero attached hydrogens (tertiary/aromatic N) is 4. The minimum Gasteiger partial charge on any atom is -0.282 e. The van der Waals surface area contributed by atoms with E-state index in [0.717, 1.165) is 30.1 Å². The van der Waals surface area contributed by atoms with Gasteiger partial charge in [0.1, 0.15) is 4.90 Å². The largest absolute Gasteiger partial charge is 0.282 e. The molecule has 2 aromatic rings. The summed E-state index contributed by atoms with van der Waals surface area (Å²) in [7, 11) is -1.49. The van der Waals surface area contributed by atoms with Gasteiger partial charge in [0.05, 0.1) is 22.4 Å². The van der Waals surface area contributed by atoms with E-state index in [4.69, 9.17) is 11.6 Å². The van der Waals surface area contributed by atoms with Crippen molar-refractivity contribution >= 4 is 33.0 Å². The molecule has 2 aromatic heterocycles. The van der Waals surface area contributed by atoms with E-state index in [2.05, 4.69) is 10.00 Å². The summed E-state index contributed by atoms with van der Waals surface area (Å²) in [5, 5.41) is 4.50. The highest BCUT2D eigenvalue weighted by Crippen LogP contribution is 2.27. The summed E-state index contributed by atoms with van der Waals surface area (Å²) in [5.41, 5.74) is 1.27. The molecule has 1 aliphatic rings. The van der Waals surface area contributed by atoms with Crippen LogP contribution in [0.1, 0.15) is 35.5 Å². The van der Waals surface area contributed by atoms with Gasteiger partial charge in [-0.15, -0.1) is 11.3 Å². The fourth-order valence-electron chi connectivity index (χ4n) is 3.41. The first-order chi connectivity index (χ1) is 12.3. The van der Waals surface area contributed by atoms with E-state index in [1.54, 1.807) is 27.2 Å². The highest BCUT2D eigenvalue weighted by molar-refractivity contribution is 7.89. The molecule has 9 heteroatoms. The topological polar surface area (TPSA) is 58.4 Å². The highest BCUT2D eigenvalue weighted by atomic mass is 35.5. The van der Waals surface area contributed by atoms with Crippen molar-refractivity contribution in [3.63, 3.8) is 0 Å². The van der Waals surface area contributed by atoms with Crippen LogP contribution in [-0.4, -0.2) is 47.5 Å². The second-order valence-electron chi connectivity index (χ2n) is 6.83. The van der Waals surface area contributed by atoms with E-state index in [0.29, 0.717) is 36.0 Å². The first-order valence-corrected chi connectivity index (χ1v) is 11.4. The van der Waals surface area contributed by atoms with Gasteiger partial charge in [0, 0.05) is 24.5 Å². The summed E-state index contributed by atoms with van der Waals surface area (Å²) < 4.78 is 30.3. The minimum atomic E-state index is -3.48. The number of piperidine rings is 1. The van der Waals surface area contributed by atoms with Crippen LogP contribution in [0.5, 0.6) is 0 Å². The molecular weight excluding hydrogens is 392 g/mol. The van der Waals surface area contributed by atoms with Crippen LogP contribution in [0.25, 0.3) is 0 Å². The smallest absolute Gasteiger partial charge is 0.246 e. The van der Waals surface area contributed by atoms with Gasteiger partial charge < -0.3 is 0 Å². The molecule has 0 bridgehead atoms. The molecule has 3 heterocycles.